The van der Waals surface area contributed by atoms with Gasteiger partial charge in [-0.15, -0.1) is 0 Å². The Hall–Kier alpha value is -3.72. The van der Waals surface area contributed by atoms with Gasteiger partial charge < -0.3 is 15.2 Å². The summed E-state index contributed by atoms with van der Waals surface area (Å²) >= 11 is 0. The van der Waals surface area contributed by atoms with Crippen LogP contribution in [0.4, 0.5) is 0 Å². The minimum absolute atomic E-state index is 0.0960. The molecule has 5 rings (SSSR count). The van der Waals surface area contributed by atoms with E-state index in [9.17, 15) is 9.90 Å². The van der Waals surface area contributed by atoms with Gasteiger partial charge in [0.25, 0.3) is 5.91 Å². The number of carbonyl (C=O) groups is 1. The van der Waals surface area contributed by atoms with E-state index in [1.165, 1.54) is 6.20 Å². The SMILES string of the molecule is CCNC(=O)c1cncc(-c2cc(C)c3c(O)n(-c4ccn(C5CCOC5)n4)cc3n2)c1. The number of aryl methyl sites for hydroxylation is 1. The van der Waals surface area contributed by atoms with Crippen LogP contribution in [-0.2, 0) is 4.74 Å². The minimum Gasteiger partial charge on any atom is -0.494 e. The van der Waals surface area contributed by atoms with E-state index in [1.807, 2.05) is 36.9 Å². The first kappa shape index (κ1) is 20.2. The summed E-state index contributed by atoms with van der Waals surface area (Å²) in [5, 5.41) is 19.0. The monoisotopic (exact) mass is 432 g/mol. The summed E-state index contributed by atoms with van der Waals surface area (Å²) in [4.78, 5) is 21.1. The molecule has 0 spiro atoms. The molecule has 0 radical (unpaired) electrons. The Bertz CT molecular complexity index is 1300. The molecule has 1 aliphatic heterocycles. The van der Waals surface area contributed by atoms with Gasteiger partial charge in [0.2, 0.25) is 5.88 Å². The molecule has 0 aliphatic carbocycles. The van der Waals surface area contributed by atoms with Gasteiger partial charge in [-0.1, -0.05) is 0 Å². The zero-order valence-electron chi connectivity index (χ0n) is 17.9. The Morgan fingerprint density at radius 2 is 2.22 bits per heavy atom. The van der Waals surface area contributed by atoms with Crippen molar-refractivity contribution >= 4 is 16.8 Å². The number of ether oxygens (including phenoxy) is 1. The maximum atomic E-state index is 12.2. The first-order valence-electron chi connectivity index (χ1n) is 10.6. The molecule has 2 N–H and O–H groups in total. The quantitative estimate of drug-likeness (QED) is 0.502. The van der Waals surface area contributed by atoms with Crippen molar-refractivity contribution < 1.29 is 14.6 Å². The average molecular weight is 432 g/mol. The zero-order valence-corrected chi connectivity index (χ0v) is 17.9. The molecule has 32 heavy (non-hydrogen) atoms. The van der Waals surface area contributed by atoms with Crippen molar-refractivity contribution in [2.24, 2.45) is 0 Å². The lowest BCUT2D eigenvalue weighted by molar-refractivity contribution is 0.0955. The molecule has 1 saturated heterocycles. The number of rotatable bonds is 5. The molecule has 1 aliphatic rings. The van der Waals surface area contributed by atoms with E-state index in [-0.39, 0.29) is 17.8 Å². The van der Waals surface area contributed by atoms with Gasteiger partial charge in [-0.3, -0.25) is 19.0 Å². The van der Waals surface area contributed by atoms with Gasteiger partial charge >= 0.3 is 0 Å². The first-order chi connectivity index (χ1) is 15.5. The lowest BCUT2D eigenvalue weighted by Gasteiger charge is -2.07. The highest BCUT2D eigenvalue weighted by molar-refractivity contribution is 5.95. The van der Waals surface area contributed by atoms with E-state index in [2.05, 4.69) is 15.4 Å². The van der Waals surface area contributed by atoms with Gasteiger partial charge in [-0.2, -0.15) is 5.10 Å². The smallest absolute Gasteiger partial charge is 0.252 e. The molecule has 4 aromatic heterocycles. The number of hydrogen-bond donors (Lipinski definition) is 2. The molecule has 0 bridgehead atoms. The molecule has 0 saturated carbocycles. The number of aromatic nitrogens is 5. The molecule has 1 fully saturated rings. The number of amides is 1. The maximum Gasteiger partial charge on any atom is 0.252 e. The Balaban J connectivity index is 1.54. The molecule has 9 heteroatoms. The van der Waals surface area contributed by atoms with E-state index in [1.54, 1.807) is 23.0 Å². The van der Waals surface area contributed by atoms with Crippen molar-refractivity contribution in [1.29, 1.82) is 0 Å². The number of fused-ring (bicyclic) bond motifs is 1. The molecular formula is C23H24N6O3. The maximum absolute atomic E-state index is 12.2. The number of nitrogens with one attached hydrogen (secondary N) is 1. The number of nitrogens with zero attached hydrogens (tertiary/aromatic N) is 5. The van der Waals surface area contributed by atoms with Gasteiger partial charge in [-0.25, -0.2) is 4.98 Å². The molecule has 164 valence electrons. The molecular weight excluding hydrogens is 408 g/mol. The van der Waals surface area contributed by atoms with Crippen LogP contribution in [0.1, 0.15) is 35.3 Å². The van der Waals surface area contributed by atoms with E-state index in [0.717, 1.165) is 24.2 Å². The third kappa shape index (κ3) is 3.50. The summed E-state index contributed by atoms with van der Waals surface area (Å²) in [7, 11) is 0. The van der Waals surface area contributed by atoms with Crippen molar-refractivity contribution in [3.8, 4) is 23.0 Å². The zero-order chi connectivity index (χ0) is 22.2. The minimum atomic E-state index is -0.174. The summed E-state index contributed by atoms with van der Waals surface area (Å²) in [6, 6.07) is 5.74. The highest BCUT2D eigenvalue weighted by Crippen LogP contribution is 2.34. The molecule has 1 atom stereocenters. The summed E-state index contributed by atoms with van der Waals surface area (Å²) in [5.41, 5.74) is 3.40. The standard InChI is InChI=1S/C23H24N6O3/c1-3-25-22(30)16-9-15(10-24-11-16)18-8-14(2)21-19(26-18)12-28(23(21)31)20-4-6-29(27-20)17-5-7-32-13-17/h4,6,8-12,17,31H,3,5,7,13H2,1-2H3,(H,25,30). The third-order valence-corrected chi connectivity index (χ3v) is 5.70. The molecule has 1 unspecified atom stereocenters. The van der Waals surface area contributed by atoms with Crippen LogP contribution in [0.25, 0.3) is 28.0 Å². The normalized spacial score (nSPS) is 16.0. The Morgan fingerprint density at radius 1 is 1.34 bits per heavy atom. The van der Waals surface area contributed by atoms with Crippen LogP contribution < -0.4 is 5.32 Å². The van der Waals surface area contributed by atoms with Crippen molar-refractivity contribution in [3.05, 3.63) is 54.1 Å². The highest BCUT2D eigenvalue weighted by atomic mass is 16.5. The van der Waals surface area contributed by atoms with Crippen LogP contribution >= 0.6 is 0 Å². The van der Waals surface area contributed by atoms with Gasteiger partial charge in [0, 0.05) is 49.6 Å². The topological polar surface area (TPSA) is 107 Å². The van der Waals surface area contributed by atoms with Crippen molar-refractivity contribution in [3.63, 3.8) is 0 Å². The molecule has 1 amide bonds. The Labute approximate surface area is 184 Å². The molecule has 0 aromatic carbocycles. The number of carbonyl (C=O) groups excluding carboxylic acids is 1. The largest absolute Gasteiger partial charge is 0.494 e. The molecule has 5 heterocycles. The number of pyridine rings is 2. The fourth-order valence-corrected chi connectivity index (χ4v) is 4.07. The van der Waals surface area contributed by atoms with Gasteiger partial charge in [-0.05, 0) is 38.0 Å². The van der Waals surface area contributed by atoms with Crippen LogP contribution in [0.3, 0.4) is 0 Å². The fraction of sp³-hybridized carbons (Fsp3) is 0.304. The fourth-order valence-electron chi connectivity index (χ4n) is 4.07. The summed E-state index contributed by atoms with van der Waals surface area (Å²) in [6.45, 7) is 5.72. The molecule has 4 aromatic rings. The van der Waals surface area contributed by atoms with E-state index in [0.29, 0.717) is 41.1 Å². The Kier molecular flexibility index (Phi) is 5.10. The Morgan fingerprint density at radius 3 is 3.00 bits per heavy atom. The van der Waals surface area contributed by atoms with Gasteiger partial charge in [0.1, 0.15) is 0 Å². The van der Waals surface area contributed by atoms with E-state index >= 15 is 0 Å². The van der Waals surface area contributed by atoms with Crippen molar-refractivity contribution in [1.82, 2.24) is 29.6 Å². The third-order valence-electron chi connectivity index (χ3n) is 5.70. The van der Waals surface area contributed by atoms with E-state index < -0.39 is 0 Å². The summed E-state index contributed by atoms with van der Waals surface area (Å²) < 4.78 is 8.98. The van der Waals surface area contributed by atoms with Crippen molar-refractivity contribution in [2.75, 3.05) is 19.8 Å². The second-order valence-corrected chi connectivity index (χ2v) is 7.90. The molecule has 9 nitrogen and oxygen atoms in total. The first-order valence-corrected chi connectivity index (χ1v) is 10.6. The second-order valence-electron chi connectivity index (χ2n) is 7.90. The van der Waals surface area contributed by atoms with Crippen LogP contribution in [0, 0.1) is 6.92 Å². The summed E-state index contributed by atoms with van der Waals surface area (Å²) in [5.74, 6) is 0.540. The van der Waals surface area contributed by atoms with Gasteiger partial charge in [0.15, 0.2) is 5.82 Å². The number of hydrogen-bond acceptors (Lipinski definition) is 6. The second kappa shape index (κ2) is 8.08. The lowest BCUT2D eigenvalue weighted by Crippen LogP contribution is -2.22. The van der Waals surface area contributed by atoms with Crippen molar-refractivity contribution in [2.45, 2.75) is 26.3 Å². The average Bonchev–Trinajstić information content (AvgIpc) is 3.54. The van der Waals surface area contributed by atoms with Gasteiger partial charge in [0.05, 0.1) is 34.8 Å². The highest BCUT2D eigenvalue weighted by Gasteiger charge is 2.21. The predicted octanol–water partition coefficient (Wildman–Crippen LogP) is 3.01. The van der Waals surface area contributed by atoms with Crippen LogP contribution in [-0.4, -0.2) is 55.1 Å². The van der Waals surface area contributed by atoms with Crippen LogP contribution in [0.15, 0.2) is 43.0 Å². The van der Waals surface area contributed by atoms with Crippen LogP contribution in [0.5, 0.6) is 5.88 Å². The van der Waals surface area contributed by atoms with E-state index in [4.69, 9.17) is 9.72 Å². The number of aromatic hydroxyl groups is 1. The lowest BCUT2D eigenvalue weighted by atomic mass is 10.1. The summed E-state index contributed by atoms with van der Waals surface area (Å²) in [6.07, 6.45) is 7.82. The van der Waals surface area contributed by atoms with Crippen LogP contribution in [0.2, 0.25) is 0 Å². The predicted molar refractivity (Wildman–Crippen MR) is 119 cm³/mol.